The topological polar surface area (TPSA) is 68.1 Å². The molecule has 2 heterocycles. The number of aromatic nitrogens is 3. The van der Waals surface area contributed by atoms with Gasteiger partial charge in [0.05, 0.1) is 16.5 Å². The van der Waals surface area contributed by atoms with E-state index < -0.39 is 0 Å². The molecule has 0 radical (unpaired) electrons. The van der Waals surface area contributed by atoms with Gasteiger partial charge >= 0.3 is 0 Å². The largest absolute Gasteiger partial charge is 0.337 e. The number of thiazole rings is 1. The lowest BCUT2D eigenvalue weighted by Crippen LogP contribution is -2.32. The minimum atomic E-state index is -0.132. The Labute approximate surface area is 226 Å². The van der Waals surface area contributed by atoms with Gasteiger partial charge in [-0.2, -0.15) is 0 Å². The standard InChI is InChI=1S/C29H26N4O2S.ClH/c1-20-17-21(2)27-25(18-20)31-29(36-27)33(15-6-14-32-16-13-30-19-32)28(35)24-11-9-23(10-12-24)26(34)22-7-4-3-5-8-22;/h3-5,7-13,16-19H,6,14-15H2,1-2H3;1H. The molecule has 0 aliphatic heterocycles. The number of rotatable bonds is 8. The Hall–Kier alpha value is -3.81. The number of imidazole rings is 1. The van der Waals surface area contributed by atoms with Crippen LogP contribution in [0.25, 0.3) is 10.2 Å². The van der Waals surface area contributed by atoms with Crippen LogP contribution in [0.4, 0.5) is 5.13 Å². The van der Waals surface area contributed by atoms with Gasteiger partial charge in [-0.3, -0.25) is 14.5 Å². The molecule has 37 heavy (non-hydrogen) atoms. The van der Waals surface area contributed by atoms with E-state index >= 15 is 0 Å². The third-order valence-corrected chi connectivity index (χ3v) is 7.30. The van der Waals surface area contributed by atoms with Crippen molar-refractivity contribution in [2.45, 2.75) is 26.8 Å². The van der Waals surface area contributed by atoms with E-state index in [1.54, 1.807) is 53.8 Å². The maximum Gasteiger partial charge on any atom is 0.260 e. The molecule has 0 aliphatic carbocycles. The highest BCUT2D eigenvalue weighted by atomic mass is 35.5. The van der Waals surface area contributed by atoms with Gasteiger partial charge in [0, 0.05) is 42.2 Å². The summed E-state index contributed by atoms with van der Waals surface area (Å²) in [5.74, 6) is -0.198. The SMILES string of the molecule is Cc1cc(C)c2sc(N(CCCn3ccnc3)C(=O)c3ccc(C(=O)c4ccccc4)cc3)nc2c1.Cl. The van der Waals surface area contributed by atoms with E-state index in [9.17, 15) is 9.59 Å². The molecule has 0 saturated carbocycles. The number of ketones is 1. The fraction of sp³-hybridized carbons (Fsp3) is 0.172. The lowest BCUT2D eigenvalue weighted by atomic mass is 10.0. The number of amides is 1. The summed E-state index contributed by atoms with van der Waals surface area (Å²) in [5.41, 5.74) is 4.91. The summed E-state index contributed by atoms with van der Waals surface area (Å²) in [4.78, 5) is 37.2. The van der Waals surface area contributed by atoms with Crippen molar-refractivity contribution in [3.05, 3.63) is 113 Å². The zero-order valence-electron chi connectivity index (χ0n) is 20.6. The van der Waals surface area contributed by atoms with E-state index in [1.165, 1.54) is 11.3 Å². The summed E-state index contributed by atoms with van der Waals surface area (Å²) < 4.78 is 3.09. The van der Waals surface area contributed by atoms with Crippen molar-refractivity contribution in [2.24, 2.45) is 0 Å². The predicted octanol–water partition coefficient (Wildman–Crippen LogP) is 6.50. The number of carbonyl (C=O) groups is 2. The molecule has 0 unspecified atom stereocenters. The van der Waals surface area contributed by atoms with E-state index in [1.807, 2.05) is 29.0 Å². The van der Waals surface area contributed by atoms with Crippen molar-refractivity contribution < 1.29 is 9.59 Å². The van der Waals surface area contributed by atoms with Gasteiger partial charge in [0.25, 0.3) is 5.91 Å². The molecule has 0 N–H and O–H groups in total. The normalized spacial score (nSPS) is 10.8. The van der Waals surface area contributed by atoms with Crippen LogP contribution in [-0.2, 0) is 6.54 Å². The Kier molecular flexibility index (Phi) is 8.16. The number of aryl methyl sites for hydroxylation is 3. The number of fused-ring (bicyclic) bond motifs is 1. The van der Waals surface area contributed by atoms with Crippen molar-refractivity contribution in [1.82, 2.24) is 14.5 Å². The summed E-state index contributed by atoms with van der Waals surface area (Å²) in [7, 11) is 0. The molecule has 5 rings (SSSR count). The van der Waals surface area contributed by atoms with Crippen molar-refractivity contribution in [1.29, 1.82) is 0 Å². The van der Waals surface area contributed by atoms with Crippen molar-refractivity contribution in [3.8, 4) is 0 Å². The molecule has 0 spiro atoms. The smallest absolute Gasteiger partial charge is 0.260 e. The van der Waals surface area contributed by atoms with Gasteiger partial charge < -0.3 is 4.57 Å². The van der Waals surface area contributed by atoms with Crippen molar-refractivity contribution >= 4 is 50.8 Å². The van der Waals surface area contributed by atoms with E-state index in [0.717, 1.165) is 34.3 Å². The first-order valence-corrected chi connectivity index (χ1v) is 12.7. The average molecular weight is 531 g/mol. The van der Waals surface area contributed by atoms with Gasteiger partial charge in [-0.1, -0.05) is 59.9 Å². The van der Waals surface area contributed by atoms with Crippen LogP contribution in [0.3, 0.4) is 0 Å². The Morgan fingerprint density at radius 1 is 0.946 bits per heavy atom. The molecular weight excluding hydrogens is 504 g/mol. The number of halogens is 1. The highest BCUT2D eigenvalue weighted by Crippen LogP contribution is 2.33. The highest BCUT2D eigenvalue weighted by Gasteiger charge is 2.22. The number of hydrogen-bond donors (Lipinski definition) is 0. The molecule has 0 atom stereocenters. The van der Waals surface area contributed by atoms with Gasteiger partial charge in [-0.05, 0) is 49.6 Å². The van der Waals surface area contributed by atoms with E-state index in [2.05, 4.69) is 31.0 Å². The van der Waals surface area contributed by atoms with Gasteiger partial charge in [0.2, 0.25) is 0 Å². The van der Waals surface area contributed by atoms with Crippen LogP contribution in [0.1, 0.15) is 43.8 Å². The van der Waals surface area contributed by atoms with Crippen LogP contribution in [0.2, 0.25) is 0 Å². The fourth-order valence-corrected chi connectivity index (χ4v) is 5.31. The predicted molar refractivity (Wildman–Crippen MR) is 151 cm³/mol. The number of nitrogens with zero attached hydrogens (tertiary/aromatic N) is 4. The Morgan fingerprint density at radius 2 is 1.65 bits per heavy atom. The molecule has 6 nitrogen and oxygen atoms in total. The van der Waals surface area contributed by atoms with E-state index in [-0.39, 0.29) is 24.1 Å². The maximum absolute atomic E-state index is 13.7. The van der Waals surface area contributed by atoms with Gasteiger partial charge in [0.15, 0.2) is 10.9 Å². The number of hydrogen-bond acceptors (Lipinski definition) is 5. The van der Waals surface area contributed by atoms with Gasteiger partial charge in [-0.25, -0.2) is 9.97 Å². The summed E-state index contributed by atoms with van der Waals surface area (Å²) in [6.07, 6.45) is 6.19. The zero-order chi connectivity index (χ0) is 25.1. The summed E-state index contributed by atoms with van der Waals surface area (Å²) in [6.45, 7) is 5.39. The van der Waals surface area contributed by atoms with Crippen LogP contribution in [0.5, 0.6) is 0 Å². The van der Waals surface area contributed by atoms with Crippen LogP contribution in [-0.4, -0.2) is 32.8 Å². The molecule has 2 aromatic heterocycles. The first-order valence-electron chi connectivity index (χ1n) is 11.8. The number of benzene rings is 3. The monoisotopic (exact) mass is 530 g/mol. The molecular formula is C29H27ClN4O2S. The number of anilines is 1. The lowest BCUT2D eigenvalue weighted by molar-refractivity contribution is 0.0984. The second-order valence-electron chi connectivity index (χ2n) is 8.81. The highest BCUT2D eigenvalue weighted by molar-refractivity contribution is 7.22. The number of carbonyl (C=O) groups excluding carboxylic acids is 2. The fourth-order valence-electron chi connectivity index (χ4n) is 4.27. The van der Waals surface area contributed by atoms with Crippen LogP contribution in [0, 0.1) is 13.8 Å². The summed E-state index contributed by atoms with van der Waals surface area (Å²) >= 11 is 1.54. The quantitative estimate of drug-likeness (QED) is 0.215. The molecule has 0 aliphatic rings. The van der Waals surface area contributed by atoms with Crippen LogP contribution < -0.4 is 4.90 Å². The summed E-state index contributed by atoms with van der Waals surface area (Å²) in [6, 6.07) is 20.2. The first kappa shape index (κ1) is 26.3. The molecule has 8 heteroatoms. The Morgan fingerprint density at radius 3 is 2.35 bits per heavy atom. The van der Waals surface area contributed by atoms with Crippen molar-refractivity contribution in [2.75, 3.05) is 11.4 Å². The Balaban J connectivity index is 0.00000320. The lowest BCUT2D eigenvalue weighted by Gasteiger charge is -2.20. The molecule has 0 bridgehead atoms. The Bertz CT molecular complexity index is 1510. The third-order valence-electron chi connectivity index (χ3n) is 6.07. The zero-order valence-corrected chi connectivity index (χ0v) is 22.3. The molecule has 0 saturated heterocycles. The molecule has 1 amide bonds. The first-order chi connectivity index (χ1) is 17.5. The minimum absolute atomic E-state index is 0. The van der Waals surface area contributed by atoms with E-state index in [4.69, 9.17) is 4.98 Å². The van der Waals surface area contributed by atoms with E-state index in [0.29, 0.717) is 28.4 Å². The second kappa shape index (κ2) is 11.5. The van der Waals surface area contributed by atoms with Crippen molar-refractivity contribution in [3.63, 3.8) is 0 Å². The molecule has 5 aromatic rings. The minimum Gasteiger partial charge on any atom is -0.337 e. The van der Waals surface area contributed by atoms with Gasteiger partial charge in [-0.15, -0.1) is 12.4 Å². The van der Waals surface area contributed by atoms with Gasteiger partial charge in [0.1, 0.15) is 0 Å². The maximum atomic E-state index is 13.7. The molecule has 0 fully saturated rings. The second-order valence-corrected chi connectivity index (χ2v) is 9.79. The average Bonchev–Trinajstić information content (AvgIpc) is 3.57. The van der Waals surface area contributed by atoms with Crippen LogP contribution >= 0.6 is 23.7 Å². The summed E-state index contributed by atoms with van der Waals surface area (Å²) in [5, 5.41) is 0.679. The third kappa shape index (κ3) is 5.79. The molecule has 3 aromatic carbocycles. The molecule has 188 valence electrons. The van der Waals surface area contributed by atoms with Crippen LogP contribution in [0.15, 0.2) is 85.5 Å².